The number of fused-ring (bicyclic) bond motifs is 1. The summed E-state index contributed by atoms with van der Waals surface area (Å²) in [6.07, 6.45) is 2.05. The van der Waals surface area contributed by atoms with Crippen molar-refractivity contribution in [3.05, 3.63) is 112 Å². The molecule has 0 bridgehead atoms. The van der Waals surface area contributed by atoms with Crippen LogP contribution in [-0.4, -0.2) is 74.1 Å². The number of anilines is 3. The van der Waals surface area contributed by atoms with Crippen LogP contribution in [0.4, 0.5) is 45.5 Å². The molecule has 28 heteroatoms. The van der Waals surface area contributed by atoms with Gasteiger partial charge in [-0.05, 0) is 77.2 Å². The molecule has 0 spiro atoms. The second-order valence-electron chi connectivity index (χ2n) is 13.2. The molecule has 0 aromatic heterocycles. The lowest BCUT2D eigenvalue weighted by molar-refractivity contribution is -0.385. The zero-order valence-electron chi connectivity index (χ0n) is 32.4. The highest BCUT2D eigenvalue weighted by molar-refractivity contribution is 7.86. The number of benzene rings is 6. The fraction of sp³-hybridized carbons (Fsp3) is 0.0270. The number of hydrogen-bond donors (Lipinski definition) is 8. The average molecular weight is 972 g/mol. The molecule has 24 nitrogen and oxygen atoms in total. The van der Waals surface area contributed by atoms with Gasteiger partial charge in [0.05, 0.1) is 23.4 Å². The Bertz CT molecular complexity index is 3530. The van der Waals surface area contributed by atoms with Crippen LogP contribution in [-0.2, 0) is 40.5 Å². The fourth-order valence-electron chi connectivity index (χ4n) is 5.93. The number of non-ortho nitro benzene ring substituents is 1. The molecule has 0 atom stereocenters. The topological polar surface area (TPSA) is 398 Å². The third-order valence-electron chi connectivity index (χ3n) is 8.92. The number of phenols is 2. The summed E-state index contributed by atoms with van der Waals surface area (Å²) < 4.78 is 141. The molecule has 9 N–H and O–H groups in total. The Labute approximate surface area is 366 Å². The van der Waals surface area contributed by atoms with Gasteiger partial charge in [0.1, 0.15) is 48.1 Å². The van der Waals surface area contributed by atoms with Gasteiger partial charge in [0, 0.05) is 41.0 Å². The number of hydrogen-bond acceptors (Lipinski definition) is 19. The summed E-state index contributed by atoms with van der Waals surface area (Å²) >= 11 is 0. The van der Waals surface area contributed by atoms with E-state index in [0.29, 0.717) is 6.07 Å². The summed E-state index contributed by atoms with van der Waals surface area (Å²) in [6, 6.07) is 16.5. The molecule has 0 heterocycles. The van der Waals surface area contributed by atoms with E-state index in [1.165, 1.54) is 43.5 Å². The van der Waals surface area contributed by atoms with Gasteiger partial charge in [-0.25, -0.2) is 0 Å². The highest BCUT2D eigenvalue weighted by Crippen LogP contribution is 2.45. The van der Waals surface area contributed by atoms with Gasteiger partial charge in [-0.15, -0.1) is 15.3 Å². The molecule has 0 fully saturated rings. The van der Waals surface area contributed by atoms with Gasteiger partial charge in [-0.3, -0.25) is 28.3 Å². The SMILES string of the molecule is COc1cc(N=Nc2c(S(=O)(=O)O)cc3cc(Nc4ccc(N)c(S(=O)(=O)O)c4)ccc3c2O)c(O)cc1N=Nc1ccc(C=Cc2ccc([N+](=O)[O-])cc2S(=O)(=O)O)c(S(=O)(=O)O)c1. The molecule has 6 rings (SSSR count). The third-order valence-corrected chi connectivity index (χ3v) is 12.5. The van der Waals surface area contributed by atoms with Crippen molar-refractivity contribution in [2.24, 2.45) is 20.5 Å². The summed E-state index contributed by atoms with van der Waals surface area (Å²) in [6.45, 7) is 0. The van der Waals surface area contributed by atoms with Gasteiger partial charge in [0.2, 0.25) is 0 Å². The van der Waals surface area contributed by atoms with Crippen LogP contribution in [0.1, 0.15) is 11.1 Å². The molecule has 0 unspecified atom stereocenters. The Hall–Kier alpha value is -7.44. The quantitative estimate of drug-likeness (QED) is 0.0131. The molecular weight excluding hydrogens is 943 g/mol. The van der Waals surface area contributed by atoms with E-state index in [9.17, 15) is 72.2 Å². The lowest BCUT2D eigenvalue weighted by atomic mass is 10.1. The summed E-state index contributed by atoms with van der Waals surface area (Å²) in [7, 11) is -18.6. The maximum absolute atomic E-state index is 12.5. The summed E-state index contributed by atoms with van der Waals surface area (Å²) in [5, 5.41) is 51.5. The van der Waals surface area contributed by atoms with Crippen molar-refractivity contribution >= 4 is 109 Å². The maximum Gasteiger partial charge on any atom is 0.296 e. The monoisotopic (exact) mass is 971 g/mol. The Morgan fingerprint density at radius 2 is 1.20 bits per heavy atom. The molecule has 0 aliphatic rings. The molecule has 65 heavy (non-hydrogen) atoms. The molecule has 0 aliphatic carbocycles. The molecule has 0 aliphatic heterocycles. The van der Waals surface area contributed by atoms with E-state index in [4.69, 9.17) is 10.5 Å². The Balaban J connectivity index is 1.30. The van der Waals surface area contributed by atoms with Gasteiger partial charge in [-0.2, -0.15) is 38.8 Å². The van der Waals surface area contributed by atoms with Crippen molar-refractivity contribution in [1.82, 2.24) is 0 Å². The third kappa shape index (κ3) is 10.7. The molecule has 0 saturated heterocycles. The van der Waals surface area contributed by atoms with Gasteiger partial charge in [0.15, 0.2) is 5.75 Å². The van der Waals surface area contributed by atoms with Crippen molar-refractivity contribution in [3.8, 4) is 17.2 Å². The summed E-state index contributed by atoms with van der Waals surface area (Å²) in [5.74, 6) is -1.58. The zero-order chi connectivity index (χ0) is 47.8. The van der Waals surface area contributed by atoms with E-state index in [1.807, 2.05) is 0 Å². The zero-order valence-corrected chi connectivity index (χ0v) is 35.7. The van der Waals surface area contributed by atoms with Crippen LogP contribution in [0.25, 0.3) is 22.9 Å². The molecular formula is C37H29N7O17S4. The number of ether oxygens (including phenoxy) is 1. The van der Waals surface area contributed by atoms with Crippen molar-refractivity contribution in [2.75, 3.05) is 18.2 Å². The molecule has 6 aromatic rings. The van der Waals surface area contributed by atoms with Crippen molar-refractivity contribution < 1.29 is 71.8 Å². The number of nitrogens with one attached hydrogen (secondary N) is 1. The van der Waals surface area contributed by atoms with Crippen LogP contribution in [0.15, 0.2) is 131 Å². The fourth-order valence-corrected chi connectivity index (χ4v) is 8.64. The van der Waals surface area contributed by atoms with Crippen LogP contribution < -0.4 is 15.8 Å². The van der Waals surface area contributed by atoms with E-state index in [1.54, 1.807) is 0 Å². The van der Waals surface area contributed by atoms with Crippen LogP contribution in [0, 0.1) is 10.1 Å². The average Bonchev–Trinajstić information content (AvgIpc) is 3.21. The number of nitrogens with two attached hydrogens (primary N) is 1. The van der Waals surface area contributed by atoms with Crippen molar-refractivity contribution in [3.63, 3.8) is 0 Å². The van der Waals surface area contributed by atoms with Gasteiger partial charge >= 0.3 is 0 Å². The summed E-state index contributed by atoms with van der Waals surface area (Å²) in [5.41, 5.74) is 3.12. The number of nitrogen functional groups attached to an aromatic ring is 1. The Kier molecular flexibility index (Phi) is 12.7. The smallest absolute Gasteiger partial charge is 0.296 e. The Morgan fingerprint density at radius 3 is 1.80 bits per heavy atom. The second-order valence-corrected chi connectivity index (χ2v) is 18.8. The van der Waals surface area contributed by atoms with E-state index < -0.39 is 87.9 Å². The first-order valence-electron chi connectivity index (χ1n) is 17.5. The highest BCUT2D eigenvalue weighted by Gasteiger charge is 2.24. The highest BCUT2D eigenvalue weighted by atomic mass is 32.2. The maximum atomic E-state index is 12.5. The van der Waals surface area contributed by atoms with E-state index in [0.717, 1.165) is 60.7 Å². The van der Waals surface area contributed by atoms with Crippen LogP contribution in [0.3, 0.4) is 0 Å². The van der Waals surface area contributed by atoms with E-state index in [2.05, 4.69) is 25.8 Å². The molecule has 0 amide bonds. The van der Waals surface area contributed by atoms with Crippen molar-refractivity contribution in [2.45, 2.75) is 19.6 Å². The summed E-state index contributed by atoms with van der Waals surface area (Å²) in [4.78, 5) is 7.12. The minimum absolute atomic E-state index is 0.00220. The number of nitrogens with zero attached hydrogens (tertiary/aromatic N) is 5. The largest absolute Gasteiger partial charge is 0.506 e. The predicted molar refractivity (Wildman–Crippen MR) is 230 cm³/mol. The number of methoxy groups -OCH3 is 1. The Morgan fingerprint density at radius 1 is 0.631 bits per heavy atom. The number of nitro groups is 1. The number of rotatable bonds is 14. The second kappa shape index (κ2) is 17.6. The predicted octanol–water partition coefficient (Wildman–Crippen LogP) is 7.48. The van der Waals surface area contributed by atoms with Crippen LogP contribution in [0.2, 0.25) is 0 Å². The first-order valence-corrected chi connectivity index (χ1v) is 23.2. The van der Waals surface area contributed by atoms with Crippen LogP contribution >= 0.6 is 0 Å². The standard InChI is InChI=1S/C37H29N7O17S4/c1-61-31-18-28(41-43-36-35(65(58,59)60)13-21-12-22(7-10-26(21)37(36)46)39-23-8-11-27(38)34(14-23)64(55,56)57)30(45)17-29(31)42-40-24-6-4-19(32(15-24)62(49,50)51)2-3-20-5-9-25(44(47)48)16-33(20)63(52,53)54/h2-18,39,45-46H,38H2,1H3,(H,49,50,51)(H,52,53,54)(H,55,56,57)(H,58,59,60). The minimum Gasteiger partial charge on any atom is -0.506 e. The van der Waals surface area contributed by atoms with E-state index >= 15 is 0 Å². The van der Waals surface area contributed by atoms with Crippen LogP contribution in [0.5, 0.6) is 17.2 Å². The molecule has 0 radical (unpaired) electrons. The van der Waals surface area contributed by atoms with Gasteiger partial charge < -0.3 is 26.0 Å². The van der Waals surface area contributed by atoms with Gasteiger partial charge in [0.25, 0.3) is 46.2 Å². The normalized spacial score (nSPS) is 12.7. The lowest BCUT2D eigenvalue weighted by Crippen LogP contribution is -2.04. The van der Waals surface area contributed by atoms with Crippen molar-refractivity contribution in [1.29, 1.82) is 0 Å². The number of phenolic OH excluding ortho intramolecular Hbond substituents is 2. The number of nitro benzene ring substituents is 1. The molecule has 6 aromatic carbocycles. The first kappa shape index (κ1) is 47.0. The van der Waals surface area contributed by atoms with Gasteiger partial charge in [-0.1, -0.05) is 18.2 Å². The number of aromatic hydroxyl groups is 2. The number of azo groups is 2. The first-order chi connectivity index (χ1) is 30.2. The van der Waals surface area contributed by atoms with E-state index in [-0.39, 0.29) is 61.8 Å². The molecule has 0 saturated carbocycles. The minimum atomic E-state index is -5.12. The molecule has 338 valence electrons. The lowest BCUT2D eigenvalue weighted by Gasteiger charge is -2.12.